The molecule has 0 amide bonds. The van der Waals surface area contributed by atoms with E-state index in [-0.39, 0.29) is 12.3 Å². The van der Waals surface area contributed by atoms with E-state index in [2.05, 4.69) is 15.5 Å². The fourth-order valence-electron chi connectivity index (χ4n) is 1.62. The van der Waals surface area contributed by atoms with Gasteiger partial charge >= 0.3 is 0 Å². The molecule has 3 rings (SSSR count). The van der Waals surface area contributed by atoms with Gasteiger partial charge in [-0.1, -0.05) is 0 Å². The summed E-state index contributed by atoms with van der Waals surface area (Å²) in [5.74, 6) is -2.74. The van der Waals surface area contributed by atoms with Gasteiger partial charge < -0.3 is 5.73 Å². The van der Waals surface area contributed by atoms with Gasteiger partial charge in [0.1, 0.15) is 0 Å². The van der Waals surface area contributed by atoms with E-state index in [1.54, 1.807) is 12.1 Å². The molecule has 1 unspecified atom stereocenters. The predicted octanol–water partition coefficient (Wildman–Crippen LogP) is 1.07. The van der Waals surface area contributed by atoms with E-state index in [4.69, 9.17) is 5.73 Å². The van der Waals surface area contributed by atoms with Gasteiger partial charge in [-0.3, -0.25) is 0 Å². The number of nitrogens with two attached hydrogens (primary N) is 1. The van der Waals surface area contributed by atoms with Crippen molar-refractivity contribution in [1.29, 1.82) is 0 Å². The number of nitrogens with zero attached hydrogens (tertiary/aromatic N) is 3. The monoisotopic (exact) mass is 209 g/mol. The highest BCUT2D eigenvalue weighted by Gasteiger charge is 2.58. The van der Waals surface area contributed by atoms with Crippen LogP contribution in [-0.2, 0) is 0 Å². The third kappa shape index (κ3) is 1.17. The van der Waals surface area contributed by atoms with Crippen LogP contribution in [0.3, 0.4) is 0 Å². The molecule has 2 aliphatic rings. The van der Waals surface area contributed by atoms with Crippen LogP contribution in [0.4, 0.5) is 14.6 Å². The largest absolute Gasteiger partial charge is 0.382 e. The van der Waals surface area contributed by atoms with Gasteiger partial charge in [0, 0.05) is 6.42 Å². The smallest absolute Gasteiger partial charge is 0.257 e. The standard InChI is InChI=1S/C9H7F2N4/c10-9(11)3-5(9)6-2-1-4-7(12)14-15-8(4)13-6/h1-2,5H,3H2,(H2,12,14). The van der Waals surface area contributed by atoms with Crippen molar-refractivity contribution in [3.8, 4) is 0 Å². The quantitative estimate of drug-likeness (QED) is 0.751. The van der Waals surface area contributed by atoms with Crippen molar-refractivity contribution in [3.63, 3.8) is 0 Å². The minimum Gasteiger partial charge on any atom is -0.382 e. The second kappa shape index (κ2) is 2.44. The number of pyridine rings is 1. The summed E-state index contributed by atoms with van der Waals surface area (Å²) in [5.41, 5.74) is 10.2. The lowest BCUT2D eigenvalue weighted by Gasteiger charge is -2.01. The number of hydrogen-bond donors (Lipinski definition) is 1. The molecule has 1 aliphatic heterocycles. The zero-order chi connectivity index (χ0) is 10.6. The molecule has 6 heteroatoms. The Hall–Kier alpha value is -1.72. The molecule has 77 valence electrons. The Kier molecular flexibility index (Phi) is 1.40. The second-order valence-electron chi connectivity index (χ2n) is 3.71. The van der Waals surface area contributed by atoms with E-state index in [0.717, 1.165) is 0 Å². The summed E-state index contributed by atoms with van der Waals surface area (Å²) >= 11 is 0. The lowest BCUT2D eigenvalue weighted by Crippen LogP contribution is -2.10. The topological polar surface area (TPSA) is 65.4 Å². The first-order valence-corrected chi connectivity index (χ1v) is 4.51. The lowest BCUT2D eigenvalue weighted by molar-refractivity contribution is 0.111. The summed E-state index contributed by atoms with van der Waals surface area (Å²) in [6.07, 6.45) is -0.130. The molecule has 1 radical (unpaired) electrons. The minimum absolute atomic E-state index is 0.130. The van der Waals surface area contributed by atoms with Gasteiger partial charge in [-0.2, -0.15) is 0 Å². The van der Waals surface area contributed by atoms with Crippen molar-refractivity contribution >= 4 is 11.7 Å². The van der Waals surface area contributed by atoms with Crippen molar-refractivity contribution in [2.45, 2.75) is 18.3 Å². The summed E-state index contributed by atoms with van der Waals surface area (Å²) in [6.45, 7) is 0. The number of rotatable bonds is 1. The molecule has 0 spiro atoms. The van der Waals surface area contributed by atoms with Gasteiger partial charge in [0.05, 0.1) is 17.2 Å². The van der Waals surface area contributed by atoms with Gasteiger partial charge in [0.15, 0.2) is 11.7 Å². The molecule has 1 atom stereocenters. The molecule has 0 saturated heterocycles. The maximum atomic E-state index is 12.8. The Balaban J connectivity index is 1.96. The van der Waals surface area contributed by atoms with E-state index in [1.807, 2.05) is 0 Å². The van der Waals surface area contributed by atoms with E-state index in [0.29, 0.717) is 17.1 Å². The molecule has 1 aromatic heterocycles. The first-order valence-electron chi connectivity index (χ1n) is 4.51. The first-order chi connectivity index (χ1) is 7.08. The third-order valence-corrected chi connectivity index (χ3v) is 2.61. The minimum atomic E-state index is -2.60. The fourth-order valence-corrected chi connectivity index (χ4v) is 1.62. The molecule has 0 aromatic carbocycles. The SMILES string of the molecule is NC1=N[N]c2nc(C3CC3(F)F)ccc21. The van der Waals surface area contributed by atoms with Gasteiger partial charge in [0.25, 0.3) is 5.92 Å². The molecule has 2 heterocycles. The Morgan fingerprint density at radius 3 is 2.80 bits per heavy atom. The molecular formula is C9H7F2N4. The van der Waals surface area contributed by atoms with Crippen molar-refractivity contribution < 1.29 is 8.78 Å². The van der Waals surface area contributed by atoms with Gasteiger partial charge in [-0.25, -0.2) is 13.8 Å². The number of fused-ring (bicyclic) bond motifs is 1. The Bertz CT molecular complexity index is 469. The molecule has 2 N–H and O–H groups in total. The van der Waals surface area contributed by atoms with Crippen molar-refractivity contribution in [2.75, 3.05) is 0 Å². The number of hydrogen-bond acceptors (Lipinski definition) is 3. The van der Waals surface area contributed by atoms with Crippen LogP contribution in [0.5, 0.6) is 0 Å². The highest BCUT2D eigenvalue weighted by atomic mass is 19.3. The Labute approximate surface area is 84.2 Å². The zero-order valence-electron chi connectivity index (χ0n) is 7.61. The Morgan fingerprint density at radius 2 is 2.13 bits per heavy atom. The lowest BCUT2D eigenvalue weighted by atomic mass is 10.2. The first kappa shape index (κ1) is 8.58. The van der Waals surface area contributed by atoms with Crippen molar-refractivity contribution in [1.82, 2.24) is 10.4 Å². The molecule has 1 aliphatic carbocycles. The van der Waals surface area contributed by atoms with Crippen LogP contribution in [0.1, 0.15) is 23.6 Å². The van der Waals surface area contributed by atoms with Crippen LogP contribution < -0.4 is 11.2 Å². The third-order valence-electron chi connectivity index (χ3n) is 2.61. The van der Waals surface area contributed by atoms with E-state index in [1.165, 1.54) is 0 Å². The average Bonchev–Trinajstić information content (AvgIpc) is 2.67. The number of halogens is 2. The van der Waals surface area contributed by atoms with Crippen LogP contribution >= 0.6 is 0 Å². The number of amidine groups is 1. The summed E-state index contributed by atoms with van der Waals surface area (Å²) in [5, 5.41) is 3.63. The molecule has 1 aromatic rings. The maximum absolute atomic E-state index is 12.8. The maximum Gasteiger partial charge on any atom is 0.257 e. The van der Waals surface area contributed by atoms with Gasteiger partial charge in [0.2, 0.25) is 0 Å². The molecular weight excluding hydrogens is 202 g/mol. The average molecular weight is 209 g/mol. The number of aromatic nitrogens is 1. The number of alkyl halides is 2. The molecule has 15 heavy (non-hydrogen) atoms. The molecule has 0 bridgehead atoms. The van der Waals surface area contributed by atoms with Crippen molar-refractivity contribution in [2.24, 2.45) is 10.8 Å². The highest BCUT2D eigenvalue weighted by molar-refractivity contribution is 6.03. The van der Waals surface area contributed by atoms with Gasteiger partial charge in [-0.15, -0.1) is 10.5 Å². The van der Waals surface area contributed by atoms with E-state index >= 15 is 0 Å². The van der Waals surface area contributed by atoms with Crippen LogP contribution in [0, 0.1) is 0 Å². The summed E-state index contributed by atoms with van der Waals surface area (Å²) in [6, 6.07) is 3.20. The highest BCUT2D eigenvalue weighted by Crippen LogP contribution is 2.55. The molecule has 1 fully saturated rings. The van der Waals surface area contributed by atoms with Crippen LogP contribution in [0.25, 0.3) is 0 Å². The fraction of sp³-hybridized carbons (Fsp3) is 0.333. The van der Waals surface area contributed by atoms with E-state index < -0.39 is 11.8 Å². The van der Waals surface area contributed by atoms with Crippen molar-refractivity contribution in [3.05, 3.63) is 23.4 Å². The summed E-state index contributed by atoms with van der Waals surface area (Å²) in [4.78, 5) is 4.02. The van der Waals surface area contributed by atoms with Gasteiger partial charge in [-0.05, 0) is 12.1 Å². The van der Waals surface area contributed by atoms with Crippen LogP contribution in [0.2, 0.25) is 0 Å². The summed E-state index contributed by atoms with van der Waals surface area (Å²) in [7, 11) is 0. The summed E-state index contributed by atoms with van der Waals surface area (Å²) < 4.78 is 25.6. The zero-order valence-corrected chi connectivity index (χ0v) is 7.61. The Morgan fingerprint density at radius 1 is 1.40 bits per heavy atom. The van der Waals surface area contributed by atoms with E-state index in [9.17, 15) is 8.78 Å². The molecule has 4 nitrogen and oxygen atoms in total. The predicted molar refractivity (Wildman–Crippen MR) is 49.1 cm³/mol. The molecule has 1 saturated carbocycles. The van der Waals surface area contributed by atoms with Crippen LogP contribution in [-0.4, -0.2) is 16.7 Å². The van der Waals surface area contributed by atoms with Crippen LogP contribution in [0.15, 0.2) is 17.2 Å². The second-order valence-corrected chi connectivity index (χ2v) is 3.71. The normalized spacial score (nSPS) is 25.5.